The second-order valence-corrected chi connectivity index (χ2v) is 6.04. The van der Waals surface area contributed by atoms with Gasteiger partial charge in [0.2, 0.25) is 5.91 Å². The molecule has 4 heteroatoms. The minimum absolute atomic E-state index is 0.00574. The highest BCUT2D eigenvalue weighted by molar-refractivity contribution is 5.85. The van der Waals surface area contributed by atoms with Crippen LogP contribution in [0.1, 0.15) is 51.4 Å². The van der Waals surface area contributed by atoms with Gasteiger partial charge in [0.25, 0.3) is 0 Å². The molecule has 0 aromatic carbocycles. The van der Waals surface area contributed by atoms with E-state index >= 15 is 0 Å². The van der Waals surface area contributed by atoms with Crippen molar-refractivity contribution < 1.29 is 14.7 Å². The zero-order chi connectivity index (χ0) is 13.2. The highest BCUT2D eigenvalue weighted by Gasteiger charge is 2.42. The van der Waals surface area contributed by atoms with Crippen LogP contribution in [-0.4, -0.2) is 35.5 Å². The van der Waals surface area contributed by atoms with Crippen molar-refractivity contribution in [3.8, 4) is 0 Å². The van der Waals surface area contributed by atoms with E-state index in [0.29, 0.717) is 18.8 Å². The van der Waals surface area contributed by atoms with Crippen molar-refractivity contribution in [2.45, 2.75) is 51.4 Å². The number of carboxylic acid groups (broad SMARTS) is 1. The van der Waals surface area contributed by atoms with Gasteiger partial charge in [-0.05, 0) is 31.6 Å². The minimum Gasteiger partial charge on any atom is -0.481 e. The molecule has 2 aliphatic carbocycles. The van der Waals surface area contributed by atoms with Crippen LogP contribution < -0.4 is 0 Å². The Morgan fingerprint density at radius 1 is 1.22 bits per heavy atom. The molecule has 0 radical (unpaired) electrons. The zero-order valence-corrected chi connectivity index (χ0v) is 11.2. The largest absolute Gasteiger partial charge is 0.481 e. The Balaban J connectivity index is 1.94. The zero-order valence-electron chi connectivity index (χ0n) is 11.2. The molecule has 2 aliphatic rings. The molecule has 2 rings (SSSR count). The first-order chi connectivity index (χ1) is 8.53. The van der Waals surface area contributed by atoms with Gasteiger partial charge in [-0.3, -0.25) is 9.59 Å². The van der Waals surface area contributed by atoms with Crippen LogP contribution in [0.5, 0.6) is 0 Å². The summed E-state index contributed by atoms with van der Waals surface area (Å²) in [6, 6.07) is 0. The van der Waals surface area contributed by atoms with E-state index in [1.165, 1.54) is 12.8 Å². The van der Waals surface area contributed by atoms with Gasteiger partial charge < -0.3 is 10.0 Å². The van der Waals surface area contributed by atoms with Gasteiger partial charge in [0.05, 0.1) is 5.41 Å². The maximum atomic E-state index is 12.1. The topological polar surface area (TPSA) is 57.6 Å². The lowest BCUT2D eigenvalue weighted by Crippen LogP contribution is -2.40. The fourth-order valence-electron chi connectivity index (χ4n) is 2.91. The Bertz CT molecular complexity index is 330. The number of carbonyl (C=O) groups excluding carboxylic acids is 1. The molecule has 0 aromatic heterocycles. The number of rotatable bonds is 5. The lowest BCUT2D eigenvalue weighted by molar-refractivity contribution is -0.155. The molecular weight excluding hydrogens is 230 g/mol. The SMILES string of the molecule is CN(CC1CC1)C(=O)CC1(C(=O)O)CCCCC1. The summed E-state index contributed by atoms with van der Waals surface area (Å²) >= 11 is 0. The third-order valence-electron chi connectivity index (χ3n) is 4.41. The lowest BCUT2D eigenvalue weighted by atomic mass is 9.71. The van der Waals surface area contributed by atoms with Gasteiger partial charge in [0, 0.05) is 20.0 Å². The van der Waals surface area contributed by atoms with Crippen molar-refractivity contribution in [3.63, 3.8) is 0 Å². The number of carboxylic acids is 1. The summed E-state index contributed by atoms with van der Waals surface area (Å²) in [5, 5.41) is 9.44. The summed E-state index contributed by atoms with van der Waals surface area (Å²) in [6.07, 6.45) is 6.89. The molecule has 0 saturated heterocycles. The molecular formula is C14H23NO3. The first kappa shape index (κ1) is 13.4. The summed E-state index contributed by atoms with van der Waals surface area (Å²) in [4.78, 5) is 25.4. The molecule has 0 unspecified atom stereocenters. The Kier molecular flexibility index (Phi) is 3.93. The molecule has 0 atom stereocenters. The first-order valence-electron chi connectivity index (χ1n) is 7.01. The Labute approximate surface area is 108 Å². The summed E-state index contributed by atoms with van der Waals surface area (Å²) in [5.74, 6) is -0.118. The predicted molar refractivity (Wildman–Crippen MR) is 68.1 cm³/mol. The second kappa shape index (κ2) is 5.29. The average molecular weight is 253 g/mol. The molecule has 4 nitrogen and oxygen atoms in total. The van der Waals surface area contributed by atoms with Crippen molar-refractivity contribution in [2.75, 3.05) is 13.6 Å². The maximum absolute atomic E-state index is 12.1. The van der Waals surface area contributed by atoms with Crippen LogP contribution in [0, 0.1) is 11.3 Å². The van der Waals surface area contributed by atoms with Gasteiger partial charge in [-0.2, -0.15) is 0 Å². The standard InChI is InChI=1S/C14H23NO3/c1-15(10-11-5-6-11)12(16)9-14(13(17)18)7-3-2-4-8-14/h11H,2-10H2,1H3,(H,17,18). The fraction of sp³-hybridized carbons (Fsp3) is 0.857. The third kappa shape index (κ3) is 3.03. The average Bonchev–Trinajstić information content (AvgIpc) is 3.14. The highest BCUT2D eigenvalue weighted by Crippen LogP contribution is 2.40. The van der Waals surface area contributed by atoms with E-state index in [-0.39, 0.29) is 12.3 Å². The van der Waals surface area contributed by atoms with Crippen LogP contribution in [-0.2, 0) is 9.59 Å². The third-order valence-corrected chi connectivity index (χ3v) is 4.41. The lowest BCUT2D eigenvalue weighted by Gasteiger charge is -2.33. The monoisotopic (exact) mass is 253 g/mol. The van der Waals surface area contributed by atoms with Gasteiger partial charge in [-0.25, -0.2) is 0 Å². The fourth-order valence-corrected chi connectivity index (χ4v) is 2.91. The van der Waals surface area contributed by atoms with Crippen LogP contribution >= 0.6 is 0 Å². The molecule has 1 amide bonds. The van der Waals surface area contributed by atoms with Crippen LogP contribution in [0.25, 0.3) is 0 Å². The van der Waals surface area contributed by atoms with E-state index in [4.69, 9.17) is 0 Å². The van der Waals surface area contributed by atoms with E-state index < -0.39 is 11.4 Å². The molecule has 2 saturated carbocycles. The van der Waals surface area contributed by atoms with Crippen molar-refractivity contribution >= 4 is 11.9 Å². The number of aliphatic carboxylic acids is 1. The molecule has 0 bridgehead atoms. The predicted octanol–water partition coefficient (Wildman–Crippen LogP) is 2.28. The van der Waals surface area contributed by atoms with Crippen molar-refractivity contribution in [1.82, 2.24) is 4.90 Å². The Morgan fingerprint density at radius 3 is 2.33 bits per heavy atom. The Hall–Kier alpha value is -1.06. The summed E-state index contributed by atoms with van der Waals surface area (Å²) in [6.45, 7) is 0.800. The van der Waals surface area contributed by atoms with Crippen LogP contribution in [0.4, 0.5) is 0 Å². The van der Waals surface area contributed by atoms with Crippen LogP contribution in [0.2, 0.25) is 0 Å². The van der Waals surface area contributed by atoms with Crippen molar-refractivity contribution in [2.24, 2.45) is 11.3 Å². The highest BCUT2D eigenvalue weighted by atomic mass is 16.4. The smallest absolute Gasteiger partial charge is 0.310 e. The molecule has 1 N–H and O–H groups in total. The van der Waals surface area contributed by atoms with E-state index in [0.717, 1.165) is 25.8 Å². The van der Waals surface area contributed by atoms with Crippen LogP contribution in [0.3, 0.4) is 0 Å². The van der Waals surface area contributed by atoms with E-state index in [1.807, 2.05) is 0 Å². The second-order valence-electron chi connectivity index (χ2n) is 6.04. The molecule has 102 valence electrons. The van der Waals surface area contributed by atoms with Gasteiger partial charge >= 0.3 is 5.97 Å². The molecule has 2 fully saturated rings. The number of nitrogens with zero attached hydrogens (tertiary/aromatic N) is 1. The Morgan fingerprint density at radius 2 is 1.83 bits per heavy atom. The van der Waals surface area contributed by atoms with Crippen molar-refractivity contribution in [1.29, 1.82) is 0 Å². The molecule has 0 aliphatic heterocycles. The molecule has 0 aromatic rings. The van der Waals surface area contributed by atoms with Gasteiger partial charge in [-0.1, -0.05) is 19.3 Å². The van der Waals surface area contributed by atoms with E-state index in [9.17, 15) is 14.7 Å². The molecule has 18 heavy (non-hydrogen) atoms. The maximum Gasteiger partial charge on any atom is 0.310 e. The summed E-state index contributed by atoms with van der Waals surface area (Å²) in [5.41, 5.74) is -0.785. The van der Waals surface area contributed by atoms with E-state index in [2.05, 4.69) is 0 Å². The van der Waals surface area contributed by atoms with Crippen LogP contribution in [0.15, 0.2) is 0 Å². The van der Waals surface area contributed by atoms with E-state index in [1.54, 1.807) is 11.9 Å². The quantitative estimate of drug-likeness (QED) is 0.817. The first-order valence-corrected chi connectivity index (χ1v) is 7.01. The number of amides is 1. The summed E-state index contributed by atoms with van der Waals surface area (Å²) in [7, 11) is 1.80. The van der Waals surface area contributed by atoms with Gasteiger partial charge in [-0.15, -0.1) is 0 Å². The summed E-state index contributed by atoms with van der Waals surface area (Å²) < 4.78 is 0. The number of hydrogen-bond acceptors (Lipinski definition) is 2. The number of carbonyl (C=O) groups is 2. The minimum atomic E-state index is -0.785. The van der Waals surface area contributed by atoms with Gasteiger partial charge in [0.1, 0.15) is 0 Å². The van der Waals surface area contributed by atoms with Crippen molar-refractivity contribution in [3.05, 3.63) is 0 Å². The normalized spacial score (nSPS) is 22.5. The molecule has 0 spiro atoms. The molecule has 0 heterocycles. The number of hydrogen-bond donors (Lipinski definition) is 1. The van der Waals surface area contributed by atoms with Gasteiger partial charge in [0.15, 0.2) is 0 Å².